The molecule has 1 heterocycles. The summed E-state index contributed by atoms with van der Waals surface area (Å²) in [7, 11) is 0. The van der Waals surface area contributed by atoms with Crippen molar-refractivity contribution in [3.63, 3.8) is 0 Å². The lowest BCUT2D eigenvalue weighted by Crippen LogP contribution is -2.30. The number of aliphatic hydroxyl groups is 1. The van der Waals surface area contributed by atoms with Gasteiger partial charge in [0.05, 0.1) is 13.2 Å². The largest absolute Gasteiger partial charge is 0.392 e. The van der Waals surface area contributed by atoms with Crippen molar-refractivity contribution in [2.24, 2.45) is 0 Å². The lowest BCUT2D eigenvalue weighted by molar-refractivity contribution is -0.696. The first-order chi connectivity index (χ1) is 12.4. The predicted molar refractivity (Wildman–Crippen MR) is 107 cm³/mol. The van der Waals surface area contributed by atoms with E-state index in [0.717, 1.165) is 6.54 Å². The van der Waals surface area contributed by atoms with Crippen molar-refractivity contribution >= 4 is 0 Å². The molecule has 0 radical (unpaired) electrons. The number of hydrogen-bond donors (Lipinski definition) is 1. The second-order valence-corrected chi connectivity index (χ2v) is 7.20. The average molecular weight is 350 g/mol. The van der Waals surface area contributed by atoms with Gasteiger partial charge in [0, 0.05) is 0 Å². The van der Waals surface area contributed by atoms with Crippen LogP contribution in [0.2, 0.25) is 0 Å². The van der Waals surface area contributed by atoms with E-state index >= 15 is 0 Å². The number of allylic oxidation sites excluding steroid dienone is 2. The summed E-state index contributed by atoms with van der Waals surface area (Å²) >= 11 is 0. The Bertz CT molecular complexity index is 425. The Balaban J connectivity index is 1.83. The van der Waals surface area contributed by atoms with Gasteiger partial charge in [-0.3, -0.25) is 0 Å². The molecule has 0 fully saturated rings. The fourth-order valence-corrected chi connectivity index (χ4v) is 3.18. The third-order valence-electron chi connectivity index (χ3n) is 4.78. The minimum Gasteiger partial charge on any atom is -0.392 e. The van der Waals surface area contributed by atoms with Crippen LogP contribution >= 0.6 is 0 Å². The molecule has 0 bridgehead atoms. The molecule has 0 saturated heterocycles. The molecular formula is C22H41N2O+. The number of aryl methyl sites for hydroxylation is 1. The van der Waals surface area contributed by atoms with Gasteiger partial charge in [-0.05, 0) is 38.5 Å². The van der Waals surface area contributed by atoms with E-state index in [4.69, 9.17) is 5.11 Å². The van der Waals surface area contributed by atoms with Crippen molar-refractivity contribution in [1.82, 2.24) is 4.57 Å². The molecular weight excluding hydrogens is 308 g/mol. The summed E-state index contributed by atoms with van der Waals surface area (Å²) in [4.78, 5) is 0. The lowest BCUT2D eigenvalue weighted by Gasteiger charge is -1.99. The molecule has 0 saturated carbocycles. The summed E-state index contributed by atoms with van der Waals surface area (Å²) in [5.41, 5.74) is 0. The van der Waals surface area contributed by atoms with Crippen LogP contribution in [-0.4, -0.2) is 16.3 Å². The van der Waals surface area contributed by atoms with Crippen LogP contribution in [0.3, 0.4) is 0 Å². The Labute approximate surface area is 155 Å². The van der Waals surface area contributed by atoms with E-state index in [1.54, 1.807) is 0 Å². The molecule has 0 spiro atoms. The van der Waals surface area contributed by atoms with Gasteiger partial charge in [-0.15, -0.1) is 0 Å². The molecule has 25 heavy (non-hydrogen) atoms. The van der Waals surface area contributed by atoms with Crippen molar-refractivity contribution in [2.75, 3.05) is 6.61 Å². The van der Waals surface area contributed by atoms with Gasteiger partial charge < -0.3 is 5.11 Å². The number of imidazole rings is 1. The summed E-state index contributed by atoms with van der Waals surface area (Å²) in [5.74, 6) is 0. The predicted octanol–water partition coefficient (Wildman–Crippen LogP) is 5.42. The molecule has 3 heteroatoms. The van der Waals surface area contributed by atoms with Crippen LogP contribution in [0.5, 0.6) is 0 Å². The van der Waals surface area contributed by atoms with Gasteiger partial charge in [0.1, 0.15) is 18.9 Å². The molecule has 3 nitrogen and oxygen atoms in total. The molecule has 0 aliphatic rings. The van der Waals surface area contributed by atoms with E-state index in [-0.39, 0.29) is 6.61 Å². The number of aliphatic hydroxyl groups excluding tert-OH is 1. The highest BCUT2D eigenvalue weighted by molar-refractivity contribution is 4.81. The highest BCUT2D eigenvalue weighted by Gasteiger charge is 2.02. The summed E-state index contributed by atoms with van der Waals surface area (Å²) in [6.07, 6.45) is 28.6. The molecule has 0 unspecified atom stereocenters. The van der Waals surface area contributed by atoms with Crippen LogP contribution in [-0.2, 0) is 13.1 Å². The van der Waals surface area contributed by atoms with E-state index < -0.39 is 0 Å². The zero-order valence-electron chi connectivity index (χ0n) is 16.5. The molecule has 1 rings (SSSR count). The number of nitrogens with zero attached hydrogens (tertiary/aromatic N) is 2. The maximum absolute atomic E-state index is 8.91. The third kappa shape index (κ3) is 12.9. The van der Waals surface area contributed by atoms with Crippen LogP contribution in [0.1, 0.15) is 90.4 Å². The van der Waals surface area contributed by atoms with Crippen LogP contribution in [0.25, 0.3) is 0 Å². The molecule has 0 amide bonds. The molecule has 0 aromatic carbocycles. The van der Waals surface area contributed by atoms with Gasteiger partial charge in [-0.1, -0.05) is 64.0 Å². The van der Waals surface area contributed by atoms with Crippen molar-refractivity contribution in [3.05, 3.63) is 30.9 Å². The van der Waals surface area contributed by atoms with Crippen molar-refractivity contribution in [2.45, 2.75) is 103 Å². The molecule has 1 aromatic heterocycles. The fraction of sp³-hybridized carbons (Fsp3) is 0.773. The van der Waals surface area contributed by atoms with Crippen LogP contribution in [0.15, 0.2) is 30.9 Å². The fourth-order valence-electron chi connectivity index (χ4n) is 3.18. The van der Waals surface area contributed by atoms with Crippen molar-refractivity contribution in [1.29, 1.82) is 0 Å². The summed E-state index contributed by atoms with van der Waals surface area (Å²) < 4.78 is 4.26. The van der Waals surface area contributed by atoms with E-state index in [0.29, 0.717) is 6.54 Å². The lowest BCUT2D eigenvalue weighted by atomic mass is 10.1. The Morgan fingerprint density at radius 1 is 0.840 bits per heavy atom. The minimum atomic E-state index is 0.210. The second-order valence-electron chi connectivity index (χ2n) is 7.20. The maximum Gasteiger partial charge on any atom is 0.243 e. The van der Waals surface area contributed by atoms with Gasteiger partial charge >= 0.3 is 0 Å². The number of unbranched alkanes of at least 4 members (excludes halogenated alkanes) is 11. The zero-order chi connectivity index (χ0) is 18.0. The Morgan fingerprint density at radius 2 is 1.44 bits per heavy atom. The highest BCUT2D eigenvalue weighted by Crippen LogP contribution is 2.09. The SMILES string of the molecule is CCCCCCCC/C=C\CCCCCCC[n+]1ccn(CCO)c1. The van der Waals surface area contributed by atoms with Crippen molar-refractivity contribution < 1.29 is 9.67 Å². The molecule has 1 aromatic rings. The monoisotopic (exact) mass is 349 g/mol. The minimum absolute atomic E-state index is 0.210. The first kappa shape index (κ1) is 22.0. The first-order valence-corrected chi connectivity index (χ1v) is 10.7. The average Bonchev–Trinajstić information content (AvgIpc) is 3.06. The molecule has 0 aliphatic heterocycles. The molecule has 144 valence electrons. The number of rotatable bonds is 17. The van der Waals surface area contributed by atoms with E-state index in [2.05, 4.69) is 36.2 Å². The third-order valence-corrected chi connectivity index (χ3v) is 4.78. The summed E-state index contributed by atoms with van der Waals surface area (Å²) in [5, 5.41) is 8.91. The maximum atomic E-state index is 8.91. The zero-order valence-corrected chi connectivity index (χ0v) is 16.5. The topological polar surface area (TPSA) is 29.0 Å². The van der Waals surface area contributed by atoms with Gasteiger partial charge in [-0.2, -0.15) is 0 Å². The summed E-state index contributed by atoms with van der Waals surface area (Å²) in [6, 6.07) is 0. The van der Waals surface area contributed by atoms with E-state index in [1.165, 1.54) is 83.5 Å². The highest BCUT2D eigenvalue weighted by atomic mass is 16.3. The Hall–Kier alpha value is -1.09. The van der Waals surface area contributed by atoms with E-state index in [1.807, 2.05) is 10.8 Å². The van der Waals surface area contributed by atoms with Gasteiger partial charge in [0.25, 0.3) is 0 Å². The number of hydrogen-bond acceptors (Lipinski definition) is 1. The van der Waals surface area contributed by atoms with Crippen LogP contribution < -0.4 is 4.57 Å². The quantitative estimate of drug-likeness (QED) is 0.227. The Kier molecular flexibility index (Phi) is 14.4. The Morgan fingerprint density at radius 3 is 2.08 bits per heavy atom. The van der Waals surface area contributed by atoms with Gasteiger partial charge in [-0.25, -0.2) is 9.13 Å². The van der Waals surface area contributed by atoms with Crippen LogP contribution in [0, 0.1) is 0 Å². The van der Waals surface area contributed by atoms with E-state index in [9.17, 15) is 0 Å². The number of aromatic nitrogens is 2. The molecule has 0 aliphatic carbocycles. The van der Waals surface area contributed by atoms with Gasteiger partial charge in [0.15, 0.2) is 0 Å². The summed E-state index contributed by atoms with van der Waals surface area (Å²) in [6.45, 7) is 4.28. The van der Waals surface area contributed by atoms with Gasteiger partial charge in [0.2, 0.25) is 6.33 Å². The first-order valence-electron chi connectivity index (χ1n) is 10.7. The standard InChI is InChI=1S/C22H41N2O/c1-2-3-4-5-6-7-8-9-10-11-12-13-14-15-16-17-23-18-19-24(22-23)20-21-25/h9-10,18-19,22,25H,2-8,11-17,20-21H2,1H3/q+1/b10-9-. The second kappa shape index (κ2) is 16.4. The smallest absolute Gasteiger partial charge is 0.243 e. The normalized spacial score (nSPS) is 11.6. The van der Waals surface area contributed by atoms with Crippen LogP contribution in [0.4, 0.5) is 0 Å². The van der Waals surface area contributed by atoms with Crippen molar-refractivity contribution in [3.8, 4) is 0 Å². The molecule has 0 atom stereocenters. The molecule has 1 N–H and O–H groups in total.